The van der Waals surface area contributed by atoms with Crippen LogP contribution in [0.15, 0.2) is 63.9 Å². The Morgan fingerprint density at radius 2 is 1.76 bits per heavy atom. The molecule has 8 nitrogen and oxygen atoms in total. The van der Waals surface area contributed by atoms with E-state index in [1.807, 2.05) is 6.07 Å². The first-order chi connectivity index (χ1) is 12.2. The molecule has 0 aliphatic heterocycles. The van der Waals surface area contributed by atoms with Gasteiger partial charge in [-0.25, -0.2) is 9.18 Å². The molecule has 4 rings (SSSR count). The van der Waals surface area contributed by atoms with Crippen LogP contribution >= 0.6 is 0 Å². The molecule has 0 aliphatic rings. The quantitative estimate of drug-likeness (QED) is 0.562. The van der Waals surface area contributed by atoms with Crippen molar-refractivity contribution in [1.82, 2.24) is 29.9 Å². The highest BCUT2D eigenvalue weighted by atomic mass is 19.1. The largest absolute Gasteiger partial charge is 0.368 e. The molecule has 0 spiro atoms. The molecule has 0 aliphatic carbocycles. The van der Waals surface area contributed by atoms with E-state index in [2.05, 4.69) is 20.6 Å². The fraction of sp³-hybridized carbons (Fsp3) is 0.0625. The van der Waals surface area contributed by atoms with Crippen LogP contribution in [0.2, 0.25) is 0 Å². The Labute approximate surface area is 140 Å². The number of para-hydroxylation sites is 1. The number of hydrogen-bond acceptors (Lipinski definition) is 6. The summed E-state index contributed by atoms with van der Waals surface area (Å²) in [6.45, 7) is -0.0140. The minimum atomic E-state index is -0.423. The standard InChI is InChI=1S/C16H11FN6O2/c17-12-8-6-11(7-9-12)15-18-14(25-19-15)10-22-16(24)23(21-20-22)13-4-2-1-3-5-13/h1-9H,10H2. The lowest BCUT2D eigenvalue weighted by molar-refractivity contribution is 0.363. The van der Waals surface area contributed by atoms with E-state index < -0.39 is 5.69 Å². The second kappa shape index (κ2) is 6.11. The van der Waals surface area contributed by atoms with E-state index in [-0.39, 0.29) is 18.3 Å². The molecule has 0 N–H and O–H groups in total. The van der Waals surface area contributed by atoms with Gasteiger partial charge in [0.05, 0.1) is 5.69 Å². The Morgan fingerprint density at radius 3 is 2.52 bits per heavy atom. The van der Waals surface area contributed by atoms with Crippen LogP contribution in [-0.4, -0.2) is 29.9 Å². The molecular weight excluding hydrogens is 327 g/mol. The Kier molecular flexibility index (Phi) is 3.65. The summed E-state index contributed by atoms with van der Waals surface area (Å²) in [5.41, 5.74) is 0.792. The van der Waals surface area contributed by atoms with Gasteiger partial charge in [-0.05, 0) is 46.8 Å². The summed E-state index contributed by atoms with van der Waals surface area (Å²) >= 11 is 0. The third-order valence-corrected chi connectivity index (χ3v) is 3.50. The molecular formula is C16H11FN6O2. The van der Waals surface area contributed by atoms with Gasteiger partial charge < -0.3 is 4.52 Å². The maximum atomic E-state index is 13.0. The SMILES string of the molecule is O=c1n(Cc2nc(-c3ccc(F)cc3)no2)nnn1-c1ccccc1. The first-order valence-corrected chi connectivity index (χ1v) is 7.37. The highest BCUT2D eigenvalue weighted by Crippen LogP contribution is 2.16. The molecule has 2 heterocycles. The predicted octanol–water partition coefficient (Wildman–Crippen LogP) is 1.67. The highest BCUT2D eigenvalue weighted by molar-refractivity contribution is 5.53. The fourth-order valence-electron chi connectivity index (χ4n) is 2.27. The molecule has 0 fully saturated rings. The normalized spacial score (nSPS) is 10.9. The number of aromatic nitrogens is 6. The van der Waals surface area contributed by atoms with Crippen molar-refractivity contribution in [2.75, 3.05) is 0 Å². The molecule has 25 heavy (non-hydrogen) atoms. The maximum absolute atomic E-state index is 13.0. The molecule has 0 bridgehead atoms. The first-order valence-electron chi connectivity index (χ1n) is 7.37. The van der Waals surface area contributed by atoms with E-state index in [1.54, 1.807) is 36.4 Å². The van der Waals surface area contributed by atoms with Crippen LogP contribution in [0.5, 0.6) is 0 Å². The van der Waals surface area contributed by atoms with Crippen molar-refractivity contribution in [3.05, 3.63) is 76.8 Å². The molecule has 9 heteroatoms. The number of rotatable bonds is 4. The number of hydrogen-bond donors (Lipinski definition) is 0. The lowest BCUT2D eigenvalue weighted by Crippen LogP contribution is -2.24. The second-order valence-electron chi connectivity index (χ2n) is 5.19. The van der Waals surface area contributed by atoms with Gasteiger partial charge in [-0.1, -0.05) is 23.4 Å². The van der Waals surface area contributed by atoms with Crippen molar-refractivity contribution in [2.24, 2.45) is 0 Å². The summed E-state index contributed by atoms with van der Waals surface area (Å²) in [6.07, 6.45) is 0. The van der Waals surface area contributed by atoms with E-state index in [1.165, 1.54) is 16.8 Å². The zero-order valence-corrected chi connectivity index (χ0v) is 12.8. The zero-order chi connectivity index (χ0) is 17.2. The zero-order valence-electron chi connectivity index (χ0n) is 12.8. The van der Waals surface area contributed by atoms with Gasteiger partial charge in [-0.15, -0.1) is 0 Å². The summed E-state index contributed by atoms with van der Waals surface area (Å²) in [7, 11) is 0. The van der Waals surface area contributed by atoms with Crippen molar-refractivity contribution >= 4 is 0 Å². The van der Waals surface area contributed by atoms with Gasteiger partial charge in [-0.3, -0.25) is 0 Å². The van der Waals surface area contributed by atoms with Crippen LogP contribution in [0.25, 0.3) is 17.1 Å². The molecule has 2 aromatic heterocycles. The van der Waals surface area contributed by atoms with Crippen LogP contribution in [0.1, 0.15) is 5.89 Å². The molecule has 4 aromatic rings. The third kappa shape index (κ3) is 2.94. The Balaban J connectivity index is 1.59. The predicted molar refractivity (Wildman–Crippen MR) is 84.4 cm³/mol. The number of nitrogens with zero attached hydrogens (tertiary/aromatic N) is 6. The van der Waals surface area contributed by atoms with Gasteiger partial charge in [0.1, 0.15) is 12.4 Å². The lowest BCUT2D eigenvalue weighted by atomic mass is 10.2. The monoisotopic (exact) mass is 338 g/mol. The van der Waals surface area contributed by atoms with Crippen LogP contribution in [0.4, 0.5) is 4.39 Å². The summed E-state index contributed by atoms with van der Waals surface area (Å²) < 4.78 is 20.4. The van der Waals surface area contributed by atoms with E-state index in [0.717, 1.165) is 4.68 Å². The van der Waals surface area contributed by atoms with Crippen molar-refractivity contribution < 1.29 is 8.91 Å². The van der Waals surface area contributed by atoms with Gasteiger partial charge in [0.15, 0.2) is 0 Å². The van der Waals surface area contributed by atoms with E-state index in [4.69, 9.17) is 4.52 Å². The molecule has 0 amide bonds. The molecule has 0 atom stereocenters. The average molecular weight is 338 g/mol. The average Bonchev–Trinajstić information content (AvgIpc) is 3.24. The summed E-state index contributed by atoms with van der Waals surface area (Å²) in [5.74, 6) is 0.150. The van der Waals surface area contributed by atoms with Crippen LogP contribution in [0, 0.1) is 5.82 Å². The van der Waals surface area contributed by atoms with Gasteiger partial charge in [-0.2, -0.15) is 14.3 Å². The van der Waals surface area contributed by atoms with Crippen molar-refractivity contribution in [2.45, 2.75) is 6.54 Å². The smallest absolute Gasteiger partial charge is 0.337 e. The lowest BCUT2D eigenvalue weighted by Gasteiger charge is -1.96. The molecule has 0 saturated carbocycles. The van der Waals surface area contributed by atoms with Crippen molar-refractivity contribution in [1.29, 1.82) is 0 Å². The number of benzene rings is 2. The second-order valence-corrected chi connectivity index (χ2v) is 5.19. The van der Waals surface area contributed by atoms with Gasteiger partial charge in [0.25, 0.3) is 0 Å². The Morgan fingerprint density at radius 1 is 1.00 bits per heavy atom. The van der Waals surface area contributed by atoms with Gasteiger partial charge in [0, 0.05) is 5.56 Å². The summed E-state index contributed by atoms with van der Waals surface area (Å²) in [5, 5.41) is 11.5. The fourth-order valence-corrected chi connectivity index (χ4v) is 2.27. The third-order valence-electron chi connectivity index (χ3n) is 3.50. The first kappa shape index (κ1) is 14.9. The topological polar surface area (TPSA) is 91.6 Å². The highest BCUT2D eigenvalue weighted by Gasteiger charge is 2.14. The minimum absolute atomic E-state index is 0.0140. The van der Waals surface area contributed by atoms with Gasteiger partial charge >= 0.3 is 5.69 Å². The number of tetrazole rings is 1. The molecule has 0 unspecified atom stereocenters. The minimum Gasteiger partial charge on any atom is -0.337 e. The van der Waals surface area contributed by atoms with Crippen LogP contribution in [0.3, 0.4) is 0 Å². The Hall–Kier alpha value is -3.62. The maximum Gasteiger partial charge on any atom is 0.368 e. The van der Waals surface area contributed by atoms with E-state index in [0.29, 0.717) is 17.1 Å². The Bertz CT molecular complexity index is 1050. The van der Waals surface area contributed by atoms with Crippen molar-refractivity contribution in [3.63, 3.8) is 0 Å². The molecule has 0 saturated heterocycles. The van der Waals surface area contributed by atoms with Gasteiger partial charge in [0.2, 0.25) is 11.7 Å². The summed E-state index contributed by atoms with van der Waals surface area (Å²) in [4.78, 5) is 16.5. The van der Waals surface area contributed by atoms with E-state index in [9.17, 15) is 9.18 Å². The molecule has 124 valence electrons. The summed E-state index contributed by atoms with van der Waals surface area (Å²) in [6, 6.07) is 14.6. The molecule has 2 aromatic carbocycles. The van der Waals surface area contributed by atoms with Crippen molar-refractivity contribution in [3.8, 4) is 17.1 Å². The van der Waals surface area contributed by atoms with Crippen LogP contribution in [-0.2, 0) is 6.54 Å². The molecule has 0 radical (unpaired) electrons. The van der Waals surface area contributed by atoms with E-state index >= 15 is 0 Å². The van der Waals surface area contributed by atoms with Crippen LogP contribution < -0.4 is 5.69 Å². The number of halogens is 1.